The molecule has 20 heavy (non-hydrogen) atoms. The van der Waals surface area contributed by atoms with Crippen molar-refractivity contribution in [1.29, 1.82) is 0 Å². The minimum Gasteiger partial charge on any atom is -0.459 e. The number of nitrogens with two attached hydrogens (primary N) is 1. The number of benzene rings is 1. The number of halogens is 1. The molecule has 1 aromatic carbocycles. The van der Waals surface area contributed by atoms with Crippen LogP contribution in [0.4, 0.5) is 5.69 Å². The Hall–Kier alpha value is -1.22. The van der Waals surface area contributed by atoms with Crippen molar-refractivity contribution < 1.29 is 9.53 Å². The zero-order valence-corrected chi connectivity index (χ0v) is 13.0. The zero-order valence-electron chi connectivity index (χ0n) is 12.3. The van der Waals surface area contributed by atoms with Gasteiger partial charge in [-0.3, -0.25) is 0 Å². The van der Waals surface area contributed by atoms with Gasteiger partial charge in [-0.05, 0) is 48.8 Å². The molecule has 0 heterocycles. The fourth-order valence-corrected chi connectivity index (χ4v) is 3.54. The van der Waals surface area contributed by atoms with E-state index in [1.54, 1.807) is 18.2 Å². The number of nitrogen functional groups attached to an aromatic ring is 1. The molecule has 0 spiro atoms. The van der Waals surface area contributed by atoms with E-state index in [9.17, 15) is 4.79 Å². The first-order valence-electron chi connectivity index (χ1n) is 7.02. The number of ether oxygens (including phenoxy) is 1. The van der Waals surface area contributed by atoms with Gasteiger partial charge < -0.3 is 10.5 Å². The first-order valence-corrected chi connectivity index (χ1v) is 7.40. The lowest BCUT2D eigenvalue weighted by Gasteiger charge is -2.38. The molecule has 0 amide bonds. The largest absolute Gasteiger partial charge is 0.459 e. The minimum atomic E-state index is -0.339. The van der Waals surface area contributed by atoms with Crippen molar-refractivity contribution in [3.8, 4) is 0 Å². The third-order valence-electron chi connectivity index (χ3n) is 3.78. The van der Waals surface area contributed by atoms with Crippen LogP contribution in [-0.2, 0) is 4.74 Å². The Morgan fingerprint density at radius 2 is 2.05 bits per heavy atom. The summed E-state index contributed by atoms with van der Waals surface area (Å²) in [5, 5.41) is 0.453. The van der Waals surface area contributed by atoms with Crippen LogP contribution in [0.3, 0.4) is 0 Å². The molecule has 0 saturated heterocycles. The van der Waals surface area contributed by atoms with E-state index in [1.807, 2.05) is 0 Å². The van der Waals surface area contributed by atoms with Gasteiger partial charge in [0.25, 0.3) is 0 Å². The molecule has 2 atom stereocenters. The van der Waals surface area contributed by atoms with Crippen LogP contribution >= 0.6 is 11.6 Å². The summed E-state index contributed by atoms with van der Waals surface area (Å²) >= 11 is 5.92. The predicted molar refractivity (Wildman–Crippen MR) is 81.9 cm³/mol. The van der Waals surface area contributed by atoms with Crippen LogP contribution in [0.1, 0.15) is 50.4 Å². The first kappa shape index (κ1) is 15.2. The summed E-state index contributed by atoms with van der Waals surface area (Å²) in [4.78, 5) is 12.2. The quantitative estimate of drug-likeness (QED) is 0.654. The molecule has 2 N–H and O–H groups in total. The second kappa shape index (κ2) is 5.65. The van der Waals surface area contributed by atoms with Gasteiger partial charge in [-0.15, -0.1) is 0 Å². The molecule has 0 bridgehead atoms. The van der Waals surface area contributed by atoms with Crippen molar-refractivity contribution in [3.05, 3.63) is 28.8 Å². The van der Waals surface area contributed by atoms with Gasteiger partial charge in [0.1, 0.15) is 6.10 Å². The molecule has 1 aliphatic rings. The smallest absolute Gasteiger partial charge is 0.338 e. The third-order valence-corrected chi connectivity index (χ3v) is 3.99. The average molecular weight is 296 g/mol. The summed E-state index contributed by atoms with van der Waals surface area (Å²) in [5.74, 6) is 0.232. The molecule has 2 unspecified atom stereocenters. The number of hydrogen-bond donors (Lipinski definition) is 1. The van der Waals surface area contributed by atoms with Gasteiger partial charge in [-0.2, -0.15) is 0 Å². The molecule has 1 aromatic rings. The summed E-state index contributed by atoms with van der Waals surface area (Å²) in [6.45, 7) is 6.65. The van der Waals surface area contributed by atoms with Crippen molar-refractivity contribution in [2.75, 3.05) is 5.73 Å². The van der Waals surface area contributed by atoms with Crippen LogP contribution in [-0.4, -0.2) is 12.1 Å². The maximum Gasteiger partial charge on any atom is 0.338 e. The summed E-state index contributed by atoms with van der Waals surface area (Å²) in [5.41, 5.74) is 6.82. The lowest BCUT2D eigenvalue weighted by atomic mass is 9.71. The Balaban J connectivity index is 2.07. The van der Waals surface area contributed by atoms with Gasteiger partial charge in [-0.25, -0.2) is 4.79 Å². The number of carbonyl (C=O) groups is 1. The van der Waals surface area contributed by atoms with E-state index >= 15 is 0 Å². The van der Waals surface area contributed by atoms with Crippen LogP contribution in [0.2, 0.25) is 5.02 Å². The van der Waals surface area contributed by atoms with Gasteiger partial charge >= 0.3 is 5.97 Å². The van der Waals surface area contributed by atoms with E-state index in [0.717, 1.165) is 12.8 Å². The van der Waals surface area contributed by atoms with E-state index in [2.05, 4.69) is 20.8 Å². The predicted octanol–water partition coefficient (Wildman–Crippen LogP) is 4.29. The molecular formula is C16H22ClNO2. The van der Waals surface area contributed by atoms with Crippen LogP contribution in [0.5, 0.6) is 0 Å². The van der Waals surface area contributed by atoms with Crippen LogP contribution in [0, 0.1) is 11.3 Å². The highest BCUT2D eigenvalue weighted by atomic mass is 35.5. The van der Waals surface area contributed by atoms with Gasteiger partial charge in [-0.1, -0.05) is 32.4 Å². The molecule has 110 valence electrons. The molecule has 1 fully saturated rings. The lowest BCUT2D eigenvalue weighted by Crippen LogP contribution is -2.34. The van der Waals surface area contributed by atoms with E-state index < -0.39 is 0 Å². The summed E-state index contributed by atoms with van der Waals surface area (Å²) in [7, 11) is 0. The number of rotatable bonds is 2. The molecular weight excluding hydrogens is 274 g/mol. The van der Waals surface area contributed by atoms with Crippen molar-refractivity contribution in [3.63, 3.8) is 0 Å². The highest BCUT2D eigenvalue weighted by Gasteiger charge is 2.34. The van der Waals surface area contributed by atoms with E-state index in [-0.39, 0.29) is 17.5 Å². The van der Waals surface area contributed by atoms with E-state index in [4.69, 9.17) is 22.1 Å². The van der Waals surface area contributed by atoms with Gasteiger partial charge in [0.05, 0.1) is 5.56 Å². The Labute approximate surface area is 125 Å². The normalized spacial score (nSPS) is 25.2. The van der Waals surface area contributed by atoms with E-state index in [1.165, 1.54) is 6.42 Å². The second-order valence-corrected chi connectivity index (χ2v) is 7.15. The number of carbonyl (C=O) groups excluding carboxylic acids is 1. The molecule has 2 rings (SSSR count). The molecule has 1 aliphatic carbocycles. The fourth-order valence-electron chi connectivity index (χ4n) is 3.30. The average Bonchev–Trinajstić information content (AvgIpc) is 2.24. The summed E-state index contributed by atoms with van der Waals surface area (Å²) in [6, 6.07) is 4.81. The van der Waals surface area contributed by atoms with Gasteiger partial charge in [0, 0.05) is 10.7 Å². The van der Waals surface area contributed by atoms with Crippen LogP contribution in [0.25, 0.3) is 0 Å². The van der Waals surface area contributed by atoms with Crippen molar-refractivity contribution in [1.82, 2.24) is 0 Å². The second-order valence-electron chi connectivity index (χ2n) is 6.71. The van der Waals surface area contributed by atoms with Gasteiger partial charge in [0.2, 0.25) is 0 Å². The summed E-state index contributed by atoms with van der Waals surface area (Å²) in [6.07, 6.45) is 2.97. The Morgan fingerprint density at radius 3 is 2.65 bits per heavy atom. The monoisotopic (exact) mass is 295 g/mol. The minimum absolute atomic E-state index is 0.0264. The van der Waals surface area contributed by atoms with Crippen molar-refractivity contribution in [2.45, 2.75) is 46.1 Å². The molecule has 0 radical (unpaired) electrons. The summed E-state index contributed by atoms with van der Waals surface area (Å²) < 4.78 is 5.64. The third kappa shape index (κ3) is 3.89. The Bertz CT molecular complexity index is 493. The molecule has 3 nitrogen and oxygen atoms in total. The zero-order chi connectivity index (χ0) is 14.9. The number of esters is 1. The topological polar surface area (TPSA) is 52.3 Å². The van der Waals surface area contributed by atoms with Gasteiger partial charge in [0.15, 0.2) is 0 Å². The number of hydrogen-bond acceptors (Lipinski definition) is 3. The van der Waals surface area contributed by atoms with Crippen molar-refractivity contribution >= 4 is 23.3 Å². The molecule has 4 heteroatoms. The Morgan fingerprint density at radius 1 is 1.35 bits per heavy atom. The SMILES string of the molecule is CC1CC(OC(=O)c2cc(N)cc(Cl)c2)CC(C)(C)C1. The molecule has 1 saturated carbocycles. The maximum absolute atomic E-state index is 12.2. The standard InChI is InChI=1S/C16H22ClNO2/c1-10-4-14(9-16(2,3)8-10)20-15(19)11-5-12(17)7-13(18)6-11/h5-7,10,14H,4,8-9,18H2,1-3H3. The number of anilines is 1. The van der Waals surface area contributed by atoms with Crippen molar-refractivity contribution in [2.24, 2.45) is 11.3 Å². The maximum atomic E-state index is 12.2. The first-order chi connectivity index (χ1) is 9.25. The lowest BCUT2D eigenvalue weighted by molar-refractivity contribution is -0.00714. The Kier molecular flexibility index (Phi) is 4.28. The fraction of sp³-hybridized carbons (Fsp3) is 0.562. The molecule has 0 aliphatic heterocycles. The van der Waals surface area contributed by atoms with E-state index in [0.29, 0.717) is 22.2 Å². The highest BCUT2D eigenvalue weighted by molar-refractivity contribution is 6.31. The molecule has 0 aromatic heterocycles. The highest BCUT2D eigenvalue weighted by Crippen LogP contribution is 2.39. The van der Waals surface area contributed by atoms with Crippen LogP contribution in [0.15, 0.2) is 18.2 Å². The van der Waals surface area contributed by atoms with Crippen LogP contribution < -0.4 is 5.73 Å².